The van der Waals surface area contributed by atoms with Crippen molar-refractivity contribution in [2.24, 2.45) is 0 Å². The molecule has 3 aliphatic heterocycles. The SMILES string of the molecule is O=C(c1cc(N2CCC3(CC2)OCCO3)ccn1)N1CCCCCC1. The Bertz CT molecular complexity index is 598. The maximum atomic E-state index is 12.8. The van der Waals surface area contributed by atoms with Gasteiger partial charge in [-0.3, -0.25) is 9.78 Å². The number of piperidine rings is 1. The number of hydrogen-bond acceptors (Lipinski definition) is 5. The second-order valence-electron chi connectivity index (χ2n) is 7.20. The number of carbonyl (C=O) groups excluding carboxylic acids is 1. The number of aromatic nitrogens is 1. The fourth-order valence-electron chi connectivity index (χ4n) is 4.06. The van der Waals surface area contributed by atoms with Crippen molar-refractivity contribution < 1.29 is 14.3 Å². The molecule has 4 heterocycles. The van der Waals surface area contributed by atoms with Gasteiger partial charge in [0.15, 0.2) is 5.79 Å². The van der Waals surface area contributed by atoms with Crippen molar-refractivity contribution in [1.82, 2.24) is 9.88 Å². The quantitative estimate of drug-likeness (QED) is 0.824. The van der Waals surface area contributed by atoms with E-state index in [0.717, 1.165) is 57.5 Å². The summed E-state index contributed by atoms with van der Waals surface area (Å²) in [7, 11) is 0. The van der Waals surface area contributed by atoms with E-state index in [-0.39, 0.29) is 11.7 Å². The molecule has 0 aromatic carbocycles. The summed E-state index contributed by atoms with van der Waals surface area (Å²) in [5.41, 5.74) is 1.63. The average molecular weight is 345 g/mol. The highest BCUT2D eigenvalue weighted by Gasteiger charge is 2.39. The Hall–Kier alpha value is -1.66. The Kier molecular flexibility index (Phi) is 4.90. The molecule has 0 unspecified atom stereocenters. The second-order valence-corrected chi connectivity index (χ2v) is 7.20. The van der Waals surface area contributed by atoms with E-state index in [1.807, 2.05) is 17.0 Å². The van der Waals surface area contributed by atoms with Crippen molar-refractivity contribution in [3.05, 3.63) is 24.0 Å². The predicted molar refractivity (Wildman–Crippen MR) is 94.7 cm³/mol. The van der Waals surface area contributed by atoms with Crippen LogP contribution in [-0.4, -0.2) is 61.0 Å². The Morgan fingerprint density at radius 1 is 1.00 bits per heavy atom. The van der Waals surface area contributed by atoms with Crippen molar-refractivity contribution >= 4 is 11.6 Å². The molecule has 3 aliphatic rings. The average Bonchev–Trinajstić information content (AvgIpc) is 2.94. The number of likely N-dealkylation sites (tertiary alicyclic amines) is 1. The number of pyridine rings is 1. The molecule has 0 bridgehead atoms. The van der Waals surface area contributed by atoms with Crippen LogP contribution >= 0.6 is 0 Å². The largest absolute Gasteiger partial charge is 0.371 e. The van der Waals surface area contributed by atoms with Gasteiger partial charge in [0.1, 0.15) is 5.69 Å². The molecule has 3 saturated heterocycles. The molecule has 0 N–H and O–H groups in total. The maximum absolute atomic E-state index is 12.8. The standard InChI is InChI=1S/C19H27N3O3/c23-18(22-9-3-1-2-4-10-22)17-15-16(5-8-20-17)21-11-6-19(7-12-21)24-13-14-25-19/h5,8,15H,1-4,6-7,9-14H2. The van der Waals surface area contributed by atoms with Gasteiger partial charge in [0, 0.05) is 50.9 Å². The summed E-state index contributed by atoms with van der Waals surface area (Å²) in [5.74, 6) is -0.298. The summed E-state index contributed by atoms with van der Waals surface area (Å²) in [6, 6.07) is 3.94. The number of ether oxygens (including phenoxy) is 2. The first kappa shape index (κ1) is 16.8. The van der Waals surface area contributed by atoms with E-state index in [2.05, 4.69) is 9.88 Å². The van der Waals surface area contributed by atoms with Gasteiger partial charge in [-0.25, -0.2) is 0 Å². The highest BCUT2D eigenvalue weighted by atomic mass is 16.7. The molecule has 25 heavy (non-hydrogen) atoms. The lowest BCUT2D eigenvalue weighted by Crippen LogP contribution is -2.45. The van der Waals surface area contributed by atoms with Gasteiger partial charge in [0.05, 0.1) is 13.2 Å². The summed E-state index contributed by atoms with van der Waals surface area (Å²) < 4.78 is 11.6. The highest BCUT2D eigenvalue weighted by Crippen LogP contribution is 2.33. The van der Waals surface area contributed by atoms with E-state index < -0.39 is 0 Å². The molecule has 0 aliphatic carbocycles. The number of amides is 1. The number of hydrogen-bond donors (Lipinski definition) is 0. The van der Waals surface area contributed by atoms with E-state index in [1.54, 1.807) is 6.20 Å². The van der Waals surface area contributed by atoms with Crippen LogP contribution in [0, 0.1) is 0 Å². The third-order valence-corrected chi connectivity index (χ3v) is 5.56. The van der Waals surface area contributed by atoms with Crippen LogP contribution in [-0.2, 0) is 9.47 Å². The van der Waals surface area contributed by atoms with Gasteiger partial charge in [-0.1, -0.05) is 12.8 Å². The third-order valence-electron chi connectivity index (χ3n) is 5.56. The first-order valence-electron chi connectivity index (χ1n) is 9.54. The minimum absolute atomic E-state index is 0.0692. The molecular formula is C19H27N3O3. The lowest BCUT2D eigenvalue weighted by Gasteiger charge is -2.38. The molecule has 6 heteroatoms. The summed E-state index contributed by atoms with van der Waals surface area (Å²) in [4.78, 5) is 21.4. The van der Waals surface area contributed by atoms with Gasteiger partial charge in [-0.2, -0.15) is 0 Å². The first-order valence-corrected chi connectivity index (χ1v) is 9.54. The second kappa shape index (κ2) is 7.30. The minimum atomic E-state index is -0.367. The third kappa shape index (κ3) is 3.65. The van der Waals surface area contributed by atoms with Crippen LogP contribution in [0.5, 0.6) is 0 Å². The lowest BCUT2D eigenvalue weighted by atomic mass is 10.0. The van der Waals surface area contributed by atoms with Crippen LogP contribution in [0.2, 0.25) is 0 Å². The van der Waals surface area contributed by atoms with E-state index in [1.165, 1.54) is 12.8 Å². The molecule has 0 radical (unpaired) electrons. The Morgan fingerprint density at radius 2 is 1.68 bits per heavy atom. The molecule has 1 spiro atoms. The molecule has 136 valence electrons. The number of anilines is 1. The zero-order valence-corrected chi connectivity index (χ0v) is 14.8. The molecule has 0 saturated carbocycles. The molecule has 6 nitrogen and oxygen atoms in total. The predicted octanol–water partition coefficient (Wildman–Crippen LogP) is 2.44. The fourth-order valence-corrected chi connectivity index (χ4v) is 4.06. The highest BCUT2D eigenvalue weighted by molar-refractivity contribution is 5.93. The Labute approximate surface area is 149 Å². The molecule has 3 fully saturated rings. The molecule has 1 aromatic rings. The summed E-state index contributed by atoms with van der Waals surface area (Å²) in [5, 5.41) is 0. The molecular weight excluding hydrogens is 318 g/mol. The van der Waals surface area contributed by atoms with Gasteiger partial charge in [-0.05, 0) is 25.0 Å². The van der Waals surface area contributed by atoms with E-state index >= 15 is 0 Å². The van der Waals surface area contributed by atoms with Crippen molar-refractivity contribution in [1.29, 1.82) is 0 Å². The fraction of sp³-hybridized carbons (Fsp3) is 0.684. The van der Waals surface area contributed by atoms with E-state index in [4.69, 9.17) is 9.47 Å². The van der Waals surface area contributed by atoms with Gasteiger partial charge < -0.3 is 19.3 Å². The summed E-state index contributed by atoms with van der Waals surface area (Å²) in [6.45, 7) is 4.85. The number of carbonyl (C=O) groups is 1. The van der Waals surface area contributed by atoms with Crippen molar-refractivity contribution in [3.63, 3.8) is 0 Å². The van der Waals surface area contributed by atoms with Gasteiger partial charge >= 0.3 is 0 Å². The zero-order valence-electron chi connectivity index (χ0n) is 14.8. The minimum Gasteiger partial charge on any atom is -0.371 e. The van der Waals surface area contributed by atoms with Crippen molar-refractivity contribution in [2.75, 3.05) is 44.3 Å². The van der Waals surface area contributed by atoms with Gasteiger partial charge in [-0.15, -0.1) is 0 Å². The van der Waals surface area contributed by atoms with Crippen LogP contribution in [0.4, 0.5) is 5.69 Å². The number of rotatable bonds is 2. The van der Waals surface area contributed by atoms with Gasteiger partial charge in [0.25, 0.3) is 5.91 Å². The topological polar surface area (TPSA) is 54.9 Å². The van der Waals surface area contributed by atoms with Crippen LogP contribution in [0.15, 0.2) is 18.3 Å². The van der Waals surface area contributed by atoms with E-state index in [0.29, 0.717) is 18.9 Å². The van der Waals surface area contributed by atoms with Crippen molar-refractivity contribution in [2.45, 2.75) is 44.3 Å². The summed E-state index contributed by atoms with van der Waals surface area (Å²) >= 11 is 0. The smallest absolute Gasteiger partial charge is 0.272 e. The maximum Gasteiger partial charge on any atom is 0.272 e. The van der Waals surface area contributed by atoms with E-state index in [9.17, 15) is 4.79 Å². The molecule has 1 aromatic heterocycles. The zero-order chi connectivity index (χ0) is 17.1. The molecule has 1 amide bonds. The molecule has 4 rings (SSSR count). The van der Waals surface area contributed by atoms with Crippen LogP contribution < -0.4 is 4.90 Å². The van der Waals surface area contributed by atoms with Crippen molar-refractivity contribution in [3.8, 4) is 0 Å². The van der Waals surface area contributed by atoms with Gasteiger partial charge in [0.2, 0.25) is 0 Å². The van der Waals surface area contributed by atoms with Crippen LogP contribution in [0.3, 0.4) is 0 Å². The lowest BCUT2D eigenvalue weighted by molar-refractivity contribution is -0.169. The number of nitrogens with zero attached hydrogens (tertiary/aromatic N) is 3. The Morgan fingerprint density at radius 3 is 2.36 bits per heavy atom. The van der Waals surface area contributed by atoms with Crippen LogP contribution in [0.1, 0.15) is 49.0 Å². The van der Waals surface area contributed by atoms with Crippen LogP contribution in [0.25, 0.3) is 0 Å². The summed E-state index contributed by atoms with van der Waals surface area (Å²) in [6.07, 6.45) is 8.12. The molecule has 0 atom stereocenters. The monoisotopic (exact) mass is 345 g/mol. The first-order chi connectivity index (χ1) is 12.3. The normalized spacial score (nSPS) is 23.7. The Balaban J connectivity index is 1.43.